The molecule has 0 saturated heterocycles. The van der Waals surface area contributed by atoms with Crippen molar-refractivity contribution in [1.29, 1.82) is 0 Å². The number of rotatable bonds is 1. The average Bonchev–Trinajstić information content (AvgIpc) is 2.76. The van der Waals surface area contributed by atoms with E-state index >= 15 is 0 Å². The van der Waals surface area contributed by atoms with Crippen LogP contribution < -0.4 is 5.73 Å². The topological polar surface area (TPSA) is 56.2 Å². The second-order valence-electron chi connectivity index (χ2n) is 3.61. The Morgan fingerprint density at radius 1 is 1.46 bits per heavy atom. The van der Waals surface area contributed by atoms with Gasteiger partial charge < -0.3 is 5.73 Å². The van der Waals surface area contributed by atoms with Gasteiger partial charge in [-0.15, -0.1) is 0 Å². The molecule has 1 aliphatic carbocycles. The lowest BCUT2D eigenvalue weighted by Gasteiger charge is -2.00. The molecular weight excluding hydrogens is 164 g/mol. The third kappa shape index (κ3) is 0.954. The smallest absolute Gasteiger partial charge is 0.155 e. The molecule has 66 valence electrons. The SMILES string of the molecule is NC1(c2cc3ncccn3n2)CC1. The average molecular weight is 174 g/mol. The number of aromatic nitrogens is 3. The van der Waals surface area contributed by atoms with Gasteiger partial charge in [-0.3, -0.25) is 0 Å². The quantitative estimate of drug-likeness (QED) is 0.691. The van der Waals surface area contributed by atoms with Crippen molar-refractivity contribution in [3.8, 4) is 0 Å². The molecule has 0 bridgehead atoms. The highest BCUT2D eigenvalue weighted by Gasteiger charge is 2.42. The summed E-state index contributed by atoms with van der Waals surface area (Å²) in [5.74, 6) is 0. The molecule has 4 nitrogen and oxygen atoms in total. The van der Waals surface area contributed by atoms with Crippen LogP contribution in [0.4, 0.5) is 0 Å². The van der Waals surface area contributed by atoms with Crippen LogP contribution in [0.1, 0.15) is 18.5 Å². The minimum atomic E-state index is -0.159. The molecule has 2 aromatic rings. The molecule has 13 heavy (non-hydrogen) atoms. The van der Waals surface area contributed by atoms with Crippen molar-refractivity contribution in [2.24, 2.45) is 5.73 Å². The Balaban J connectivity index is 2.22. The van der Waals surface area contributed by atoms with Crippen LogP contribution in [0.25, 0.3) is 5.65 Å². The normalized spacial score (nSPS) is 19.2. The number of hydrogen-bond donors (Lipinski definition) is 1. The fourth-order valence-corrected chi connectivity index (χ4v) is 1.46. The molecule has 2 heterocycles. The molecule has 0 spiro atoms. The highest BCUT2D eigenvalue weighted by Crippen LogP contribution is 2.41. The second kappa shape index (κ2) is 2.09. The fraction of sp³-hybridized carbons (Fsp3) is 0.333. The summed E-state index contributed by atoms with van der Waals surface area (Å²) in [5, 5.41) is 4.38. The van der Waals surface area contributed by atoms with E-state index in [0.29, 0.717) is 0 Å². The predicted octanol–water partition coefficient (Wildman–Crippen LogP) is 0.677. The Hall–Kier alpha value is -1.42. The summed E-state index contributed by atoms with van der Waals surface area (Å²) in [5.41, 5.74) is 7.70. The van der Waals surface area contributed by atoms with E-state index in [0.717, 1.165) is 24.2 Å². The van der Waals surface area contributed by atoms with Crippen molar-refractivity contribution >= 4 is 5.65 Å². The lowest BCUT2D eigenvalue weighted by atomic mass is 10.2. The van der Waals surface area contributed by atoms with Crippen LogP contribution in [0.15, 0.2) is 24.5 Å². The number of nitrogens with two attached hydrogens (primary N) is 1. The highest BCUT2D eigenvalue weighted by atomic mass is 15.3. The van der Waals surface area contributed by atoms with E-state index < -0.39 is 0 Å². The monoisotopic (exact) mass is 174 g/mol. The molecule has 0 amide bonds. The zero-order chi connectivity index (χ0) is 8.89. The lowest BCUT2D eigenvalue weighted by Crippen LogP contribution is -2.19. The van der Waals surface area contributed by atoms with Crippen molar-refractivity contribution in [3.63, 3.8) is 0 Å². The molecule has 3 rings (SSSR count). The first-order valence-corrected chi connectivity index (χ1v) is 4.38. The van der Waals surface area contributed by atoms with Gasteiger partial charge in [0.1, 0.15) is 0 Å². The van der Waals surface area contributed by atoms with Crippen molar-refractivity contribution in [2.45, 2.75) is 18.4 Å². The van der Waals surface area contributed by atoms with Crippen molar-refractivity contribution in [3.05, 3.63) is 30.2 Å². The minimum Gasteiger partial charge on any atom is -0.320 e. The van der Waals surface area contributed by atoms with E-state index in [9.17, 15) is 0 Å². The van der Waals surface area contributed by atoms with E-state index in [1.54, 1.807) is 10.7 Å². The highest BCUT2D eigenvalue weighted by molar-refractivity contribution is 5.41. The van der Waals surface area contributed by atoms with Gasteiger partial charge in [0.05, 0.1) is 11.2 Å². The molecule has 1 fully saturated rings. The minimum absolute atomic E-state index is 0.159. The van der Waals surface area contributed by atoms with Gasteiger partial charge >= 0.3 is 0 Å². The molecule has 4 heteroatoms. The maximum Gasteiger partial charge on any atom is 0.155 e. The first kappa shape index (κ1) is 7.03. The maximum absolute atomic E-state index is 6.03. The fourth-order valence-electron chi connectivity index (χ4n) is 1.46. The molecule has 1 aliphatic rings. The predicted molar refractivity (Wildman–Crippen MR) is 48.1 cm³/mol. The van der Waals surface area contributed by atoms with Crippen molar-refractivity contribution in [2.75, 3.05) is 0 Å². The number of hydrogen-bond acceptors (Lipinski definition) is 3. The third-order valence-corrected chi connectivity index (χ3v) is 2.53. The molecule has 0 aromatic carbocycles. The molecule has 2 aromatic heterocycles. The van der Waals surface area contributed by atoms with Crippen molar-refractivity contribution < 1.29 is 0 Å². The van der Waals surface area contributed by atoms with Crippen LogP contribution in [0, 0.1) is 0 Å². The molecular formula is C9H10N4. The summed E-state index contributed by atoms with van der Waals surface area (Å²) in [6, 6.07) is 3.83. The van der Waals surface area contributed by atoms with E-state index in [4.69, 9.17) is 5.73 Å². The molecule has 2 N–H and O–H groups in total. The maximum atomic E-state index is 6.03. The van der Waals surface area contributed by atoms with Crippen LogP contribution in [0.5, 0.6) is 0 Å². The molecule has 0 unspecified atom stereocenters. The third-order valence-electron chi connectivity index (χ3n) is 2.53. The summed E-state index contributed by atoms with van der Waals surface area (Å²) in [6.07, 6.45) is 5.72. The number of fused-ring (bicyclic) bond motifs is 1. The lowest BCUT2D eigenvalue weighted by molar-refractivity contribution is 0.691. The van der Waals surface area contributed by atoms with E-state index in [1.165, 1.54) is 0 Å². The van der Waals surface area contributed by atoms with Gasteiger partial charge in [-0.05, 0) is 18.9 Å². The summed E-state index contributed by atoms with van der Waals surface area (Å²) in [6.45, 7) is 0. The van der Waals surface area contributed by atoms with Crippen LogP contribution in [0.3, 0.4) is 0 Å². The van der Waals surface area contributed by atoms with Gasteiger partial charge in [0.2, 0.25) is 0 Å². The van der Waals surface area contributed by atoms with Gasteiger partial charge in [-0.2, -0.15) is 5.10 Å². The van der Waals surface area contributed by atoms with Crippen LogP contribution in [-0.2, 0) is 5.54 Å². The van der Waals surface area contributed by atoms with Gasteiger partial charge in [0.15, 0.2) is 5.65 Å². The zero-order valence-corrected chi connectivity index (χ0v) is 7.14. The Kier molecular flexibility index (Phi) is 1.13. The summed E-state index contributed by atoms with van der Waals surface area (Å²) in [4.78, 5) is 4.19. The van der Waals surface area contributed by atoms with E-state index in [-0.39, 0.29) is 5.54 Å². The molecule has 0 atom stereocenters. The van der Waals surface area contributed by atoms with Gasteiger partial charge in [-0.1, -0.05) is 0 Å². The molecule has 0 radical (unpaired) electrons. The Morgan fingerprint density at radius 3 is 3.00 bits per heavy atom. The van der Waals surface area contributed by atoms with Gasteiger partial charge in [0.25, 0.3) is 0 Å². The zero-order valence-electron chi connectivity index (χ0n) is 7.14. The van der Waals surface area contributed by atoms with Crippen LogP contribution in [0.2, 0.25) is 0 Å². The van der Waals surface area contributed by atoms with Crippen LogP contribution in [-0.4, -0.2) is 14.6 Å². The van der Waals surface area contributed by atoms with E-state index in [2.05, 4.69) is 10.1 Å². The first-order valence-electron chi connectivity index (χ1n) is 4.38. The summed E-state index contributed by atoms with van der Waals surface area (Å²) >= 11 is 0. The number of nitrogens with zero attached hydrogens (tertiary/aromatic N) is 3. The van der Waals surface area contributed by atoms with Gasteiger partial charge in [0, 0.05) is 18.5 Å². The van der Waals surface area contributed by atoms with Gasteiger partial charge in [-0.25, -0.2) is 9.50 Å². The Morgan fingerprint density at radius 2 is 2.31 bits per heavy atom. The Bertz CT molecular complexity index is 422. The van der Waals surface area contributed by atoms with Crippen LogP contribution >= 0.6 is 0 Å². The summed E-state index contributed by atoms with van der Waals surface area (Å²) < 4.78 is 1.77. The summed E-state index contributed by atoms with van der Waals surface area (Å²) in [7, 11) is 0. The second-order valence-corrected chi connectivity index (χ2v) is 3.61. The largest absolute Gasteiger partial charge is 0.320 e. The first-order chi connectivity index (χ1) is 6.28. The van der Waals surface area contributed by atoms with E-state index in [1.807, 2.05) is 18.3 Å². The van der Waals surface area contributed by atoms with Crippen molar-refractivity contribution in [1.82, 2.24) is 14.6 Å². The molecule has 1 saturated carbocycles. The molecule has 0 aliphatic heterocycles. The Labute approximate surface area is 75.4 Å². The standard InChI is InChI=1S/C9H10N4/c10-9(2-3-9)7-6-8-11-4-1-5-13(8)12-7/h1,4-6H,2-3,10H2.